The minimum Gasteiger partial charge on any atom is -0.345 e. The van der Waals surface area contributed by atoms with E-state index < -0.39 is 0 Å². The van der Waals surface area contributed by atoms with Crippen molar-refractivity contribution in [1.82, 2.24) is 10.6 Å². The molecule has 1 aliphatic heterocycles. The summed E-state index contributed by atoms with van der Waals surface area (Å²) in [6.07, 6.45) is 3.01. The first-order valence-corrected chi connectivity index (χ1v) is 6.37. The quantitative estimate of drug-likeness (QED) is 0.835. The van der Waals surface area contributed by atoms with Gasteiger partial charge in [-0.1, -0.05) is 30.3 Å². The summed E-state index contributed by atoms with van der Waals surface area (Å²) in [7, 11) is 0. The number of benzene rings is 1. The normalized spacial score (nSPS) is 24.4. The van der Waals surface area contributed by atoms with Crippen LogP contribution in [-0.2, 0) is 15.1 Å². The average Bonchev–Trinajstić information content (AvgIpc) is 3.04. The molecule has 2 amide bonds. The molecule has 1 saturated carbocycles. The Kier molecular flexibility index (Phi) is 2.58. The van der Waals surface area contributed by atoms with Crippen LogP contribution in [0.15, 0.2) is 30.3 Å². The second-order valence-corrected chi connectivity index (χ2v) is 5.10. The fraction of sp³-hybridized carbons (Fsp3) is 0.429. The lowest BCUT2D eigenvalue weighted by Gasteiger charge is -2.20. The summed E-state index contributed by atoms with van der Waals surface area (Å²) in [6.45, 7) is 0. The molecule has 0 bridgehead atoms. The molecule has 18 heavy (non-hydrogen) atoms. The molecule has 4 nitrogen and oxygen atoms in total. The van der Waals surface area contributed by atoms with Crippen LogP contribution < -0.4 is 10.6 Å². The first-order chi connectivity index (χ1) is 8.70. The van der Waals surface area contributed by atoms with Gasteiger partial charge in [0.15, 0.2) is 0 Å². The van der Waals surface area contributed by atoms with Crippen LogP contribution in [0.3, 0.4) is 0 Å². The number of carbonyl (C=O) groups is 2. The Balaban J connectivity index is 1.69. The molecule has 0 unspecified atom stereocenters. The van der Waals surface area contributed by atoms with Gasteiger partial charge in [-0.05, 0) is 24.8 Å². The Labute approximate surface area is 106 Å². The number of carbonyl (C=O) groups excluding carboxylic acids is 2. The lowest BCUT2D eigenvalue weighted by molar-refractivity contribution is -0.126. The topological polar surface area (TPSA) is 58.2 Å². The van der Waals surface area contributed by atoms with Crippen LogP contribution in [0, 0.1) is 0 Å². The van der Waals surface area contributed by atoms with Crippen LogP contribution >= 0.6 is 0 Å². The van der Waals surface area contributed by atoms with E-state index in [0.717, 1.165) is 18.4 Å². The lowest BCUT2D eigenvalue weighted by Crippen LogP contribution is -2.46. The van der Waals surface area contributed by atoms with Gasteiger partial charge in [0.25, 0.3) is 0 Å². The van der Waals surface area contributed by atoms with Crippen LogP contribution in [-0.4, -0.2) is 17.9 Å². The maximum absolute atomic E-state index is 12.1. The van der Waals surface area contributed by atoms with Crippen LogP contribution in [0.4, 0.5) is 0 Å². The molecule has 2 N–H and O–H groups in total. The Hall–Kier alpha value is -1.84. The van der Waals surface area contributed by atoms with E-state index in [9.17, 15) is 9.59 Å². The van der Waals surface area contributed by atoms with E-state index in [1.165, 1.54) is 0 Å². The molecule has 1 aromatic carbocycles. The molecule has 0 aromatic heterocycles. The number of nitrogens with one attached hydrogen (secondary N) is 2. The van der Waals surface area contributed by atoms with E-state index in [4.69, 9.17) is 0 Å². The molecule has 1 atom stereocenters. The molecule has 1 heterocycles. The summed E-state index contributed by atoms with van der Waals surface area (Å²) >= 11 is 0. The van der Waals surface area contributed by atoms with E-state index in [1.54, 1.807) is 0 Å². The van der Waals surface area contributed by atoms with Crippen LogP contribution in [0.1, 0.15) is 31.2 Å². The highest BCUT2D eigenvalue weighted by molar-refractivity contribution is 5.91. The van der Waals surface area contributed by atoms with Gasteiger partial charge in [-0.2, -0.15) is 0 Å². The van der Waals surface area contributed by atoms with Gasteiger partial charge in [0, 0.05) is 6.42 Å². The summed E-state index contributed by atoms with van der Waals surface area (Å²) < 4.78 is 0. The van der Waals surface area contributed by atoms with Gasteiger partial charge in [-0.3, -0.25) is 9.59 Å². The molecule has 1 saturated heterocycles. The summed E-state index contributed by atoms with van der Waals surface area (Å²) in [5.41, 5.74) is 0.966. The number of rotatable bonds is 3. The number of hydrogen-bond donors (Lipinski definition) is 2. The minimum absolute atomic E-state index is 0.0280. The highest BCUT2D eigenvalue weighted by atomic mass is 16.2. The van der Waals surface area contributed by atoms with E-state index in [-0.39, 0.29) is 23.4 Å². The SMILES string of the molecule is O=C1CC[C@@H](C(=O)NC2(c3ccccc3)CC2)N1. The highest BCUT2D eigenvalue weighted by Gasteiger charge is 2.46. The van der Waals surface area contributed by atoms with Gasteiger partial charge < -0.3 is 10.6 Å². The van der Waals surface area contributed by atoms with Crippen molar-refractivity contribution in [3.05, 3.63) is 35.9 Å². The number of hydrogen-bond acceptors (Lipinski definition) is 2. The molecule has 94 valence electrons. The molecule has 1 aliphatic carbocycles. The Morgan fingerprint density at radius 3 is 2.56 bits per heavy atom. The summed E-state index contributed by atoms with van der Waals surface area (Å²) in [6, 6.07) is 9.68. The smallest absolute Gasteiger partial charge is 0.243 e. The van der Waals surface area contributed by atoms with Crippen LogP contribution in [0.2, 0.25) is 0 Å². The van der Waals surface area contributed by atoms with Crippen molar-refractivity contribution >= 4 is 11.8 Å². The van der Waals surface area contributed by atoms with E-state index >= 15 is 0 Å². The van der Waals surface area contributed by atoms with Gasteiger partial charge in [0.2, 0.25) is 11.8 Å². The molecular weight excluding hydrogens is 228 g/mol. The van der Waals surface area contributed by atoms with E-state index in [0.29, 0.717) is 12.8 Å². The van der Waals surface area contributed by atoms with Crippen molar-refractivity contribution in [1.29, 1.82) is 0 Å². The maximum Gasteiger partial charge on any atom is 0.243 e. The molecule has 2 fully saturated rings. The van der Waals surface area contributed by atoms with Crippen LogP contribution in [0.5, 0.6) is 0 Å². The second kappa shape index (κ2) is 4.12. The Bertz CT molecular complexity index is 480. The van der Waals surface area contributed by atoms with Crippen molar-refractivity contribution in [3.63, 3.8) is 0 Å². The average molecular weight is 244 g/mol. The molecule has 3 rings (SSSR count). The van der Waals surface area contributed by atoms with Crippen molar-refractivity contribution in [2.75, 3.05) is 0 Å². The maximum atomic E-state index is 12.1. The third-order valence-corrected chi connectivity index (χ3v) is 3.75. The highest BCUT2D eigenvalue weighted by Crippen LogP contribution is 2.45. The monoisotopic (exact) mass is 244 g/mol. The van der Waals surface area contributed by atoms with Crippen LogP contribution in [0.25, 0.3) is 0 Å². The Morgan fingerprint density at radius 2 is 2.00 bits per heavy atom. The van der Waals surface area contributed by atoms with Gasteiger partial charge in [0.05, 0.1) is 5.54 Å². The van der Waals surface area contributed by atoms with Gasteiger partial charge in [-0.25, -0.2) is 0 Å². The lowest BCUT2D eigenvalue weighted by atomic mass is 10.0. The molecule has 1 aromatic rings. The molecule has 2 aliphatic rings. The summed E-state index contributed by atoms with van der Waals surface area (Å²) in [5, 5.41) is 5.80. The Morgan fingerprint density at radius 1 is 1.28 bits per heavy atom. The van der Waals surface area contributed by atoms with Gasteiger partial charge >= 0.3 is 0 Å². The van der Waals surface area contributed by atoms with Gasteiger partial charge in [-0.15, -0.1) is 0 Å². The van der Waals surface area contributed by atoms with Crippen molar-refractivity contribution in [3.8, 4) is 0 Å². The van der Waals surface area contributed by atoms with Gasteiger partial charge in [0.1, 0.15) is 6.04 Å². The number of amides is 2. The fourth-order valence-electron chi connectivity index (χ4n) is 2.50. The second-order valence-electron chi connectivity index (χ2n) is 5.10. The molecule has 4 heteroatoms. The largest absolute Gasteiger partial charge is 0.345 e. The van der Waals surface area contributed by atoms with Crippen molar-refractivity contribution in [2.45, 2.75) is 37.3 Å². The van der Waals surface area contributed by atoms with E-state index in [1.807, 2.05) is 30.3 Å². The predicted molar refractivity (Wildman–Crippen MR) is 66.7 cm³/mol. The summed E-state index contributed by atoms with van der Waals surface area (Å²) in [5.74, 6) is -0.0816. The molecule has 0 radical (unpaired) electrons. The first kappa shape index (κ1) is 11.3. The zero-order chi connectivity index (χ0) is 12.6. The summed E-state index contributed by atoms with van der Waals surface area (Å²) in [4.78, 5) is 23.2. The molecule has 0 spiro atoms. The third-order valence-electron chi connectivity index (χ3n) is 3.75. The van der Waals surface area contributed by atoms with E-state index in [2.05, 4.69) is 10.6 Å². The standard InChI is InChI=1S/C14H16N2O2/c17-12-7-6-11(15-12)13(18)16-14(8-9-14)10-4-2-1-3-5-10/h1-5,11H,6-9H2,(H,15,17)(H,16,18)/t11-/m0/s1. The zero-order valence-corrected chi connectivity index (χ0v) is 10.1. The zero-order valence-electron chi connectivity index (χ0n) is 10.1. The fourth-order valence-corrected chi connectivity index (χ4v) is 2.50. The minimum atomic E-state index is -0.348. The molecular formula is C14H16N2O2. The third kappa shape index (κ3) is 1.98. The first-order valence-electron chi connectivity index (χ1n) is 6.37. The van der Waals surface area contributed by atoms with Crippen molar-refractivity contribution < 1.29 is 9.59 Å². The van der Waals surface area contributed by atoms with Crippen molar-refractivity contribution in [2.24, 2.45) is 0 Å². The predicted octanol–water partition coefficient (Wildman–Crippen LogP) is 1.07.